The Balaban J connectivity index is 2.45. The van der Waals surface area contributed by atoms with Crippen LogP contribution in [0, 0.1) is 11.7 Å². The van der Waals surface area contributed by atoms with Crippen LogP contribution >= 0.6 is 0 Å². The van der Waals surface area contributed by atoms with Gasteiger partial charge in [-0.05, 0) is 36.5 Å². The molecule has 0 aliphatic rings. The molecule has 0 fully saturated rings. The highest BCUT2D eigenvalue weighted by atomic mass is 19.1. The molecule has 0 aliphatic heterocycles. The van der Waals surface area contributed by atoms with Crippen LogP contribution in [0.3, 0.4) is 0 Å². The van der Waals surface area contributed by atoms with Gasteiger partial charge >= 0.3 is 0 Å². The summed E-state index contributed by atoms with van der Waals surface area (Å²) < 4.78 is 12.7. The average molecular weight is 237 g/mol. The van der Waals surface area contributed by atoms with Crippen molar-refractivity contribution in [2.24, 2.45) is 11.7 Å². The van der Waals surface area contributed by atoms with E-state index in [0.29, 0.717) is 18.8 Å². The summed E-state index contributed by atoms with van der Waals surface area (Å²) in [7, 11) is 0. The second-order valence-electron chi connectivity index (χ2n) is 4.84. The Kier molecular flexibility index (Phi) is 5.29. The van der Waals surface area contributed by atoms with Gasteiger partial charge in [-0.25, -0.2) is 4.39 Å². The van der Waals surface area contributed by atoms with E-state index < -0.39 is 6.04 Å². The van der Waals surface area contributed by atoms with Gasteiger partial charge in [0.1, 0.15) is 11.6 Å². The molecule has 0 amide bonds. The summed E-state index contributed by atoms with van der Waals surface area (Å²) in [5, 5.41) is 0. The predicted octanol–water partition coefficient (Wildman–Crippen LogP) is 2.70. The number of rotatable bonds is 6. The highest BCUT2D eigenvalue weighted by Crippen LogP contribution is 2.09. The molecule has 2 nitrogen and oxygen atoms in total. The molecule has 0 heterocycles. The minimum absolute atomic E-state index is 0.0861. The highest BCUT2D eigenvalue weighted by Gasteiger charge is 2.14. The zero-order valence-electron chi connectivity index (χ0n) is 10.4. The average Bonchev–Trinajstić information content (AvgIpc) is 2.28. The number of benzene rings is 1. The first kappa shape index (κ1) is 13.8. The zero-order chi connectivity index (χ0) is 12.8. The topological polar surface area (TPSA) is 43.1 Å². The number of carbonyl (C=O) groups excluding carboxylic acids is 1. The van der Waals surface area contributed by atoms with Crippen LogP contribution in [-0.4, -0.2) is 11.8 Å². The number of carbonyl (C=O) groups is 1. The number of hydrogen-bond acceptors (Lipinski definition) is 2. The van der Waals surface area contributed by atoms with Crippen LogP contribution in [0.25, 0.3) is 0 Å². The SMILES string of the molecule is CC(C)CCC(=O)[C@@H](N)Cc1ccc(F)cc1. The molecule has 1 aromatic rings. The van der Waals surface area contributed by atoms with Crippen LogP contribution in [0.4, 0.5) is 4.39 Å². The summed E-state index contributed by atoms with van der Waals surface area (Å²) in [5.41, 5.74) is 6.73. The lowest BCUT2D eigenvalue weighted by molar-refractivity contribution is -0.120. The largest absolute Gasteiger partial charge is 0.321 e. The lowest BCUT2D eigenvalue weighted by atomic mass is 9.98. The summed E-state index contributed by atoms with van der Waals surface area (Å²) in [4.78, 5) is 11.7. The first-order chi connectivity index (χ1) is 7.99. The maximum Gasteiger partial charge on any atom is 0.149 e. The van der Waals surface area contributed by atoms with Crippen LogP contribution in [0.5, 0.6) is 0 Å². The molecule has 0 radical (unpaired) electrons. The standard InChI is InChI=1S/C14H20FNO/c1-10(2)3-8-14(17)13(16)9-11-4-6-12(15)7-5-11/h4-7,10,13H,3,8-9,16H2,1-2H3/t13-/m0/s1. The van der Waals surface area contributed by atoms with Gasteiger partial charge in [-0.2, -0.15) is 0 Å². The number of ketones is 1. The van der Waals surface area contributed by atoms with E-state index in [1.165, 1.54) is 12.1 Å². The number of nitrogens with two attached hydrogens (primary N) is 1. The van der Waals surface area contributed by atoms with E-state index in [0.717, 1.165) is 12.0 Å². The summed E-state index contributed by atoms with van der Waals surface area (Å²) in [5.74, 6) is 0.327. The van der Waals surface area contributed by atoms with Crippen molar-refractivity contribution >= 4 is 5.78 Å². The first-order valence-corrected chi connectivity index (χ1v) is 6.01. The van der Waals surface area contributed by atoms with Crippen LogP contribution in [-0.2, 0) is 11.2 Å². The van der Waals surface area contributed by atoms with E-state index >= 15 is 0 Å². The molecule has 0 unspecified atom stereocenters. The maximum atomic E-state index is 12.7. The summed E-state index contributed by atoms with van der Waals surface area (Å²) >= 11 is 0. The van der Waals surface area contributed by atoms with Gasteiger partial charge < -0.3 is 5.73 Å². The van der Waals surface area contributed by atoms with Crippen molar-refractivity contribution in [2.45, 2.75) is 39.2 Å². The fraction of sp³-hybridized carbons (Fsp3) is 0.500. The minimum atomic E-state index is -0.473. The second-order valence-corrected chi connectivity index (χ2v) is 4.84. The Labute approximate surface area is 102 Å². The third-order valence-electron chi connectivity index (χ3n) is 2.75. The minimum Gasteiger partial charge on any atom is -0.321 e. The lowest BCUT2D eigenvalue weighted by Gasteiger charge is -2.11. The van der Waals surface area contributed by atoms with E-state index in [9.17, 15) is 9.18 Å². The van der Waals surface area contributed by atoms with Crippen molar-refractivity contribution < 1.29 is 9.18 Å². The Morgan fingerprint density at radius 3 is 2.41 bits per heavy atom. The van der Waals surface area contributed by atoms with E-state index in [1.54, 1.807) is 12.1 Å². The van der Waals surface area contributed by atoms with Gasteiger partial charge in [0.15, 0.2) is 0 Å². The normalized spacial score (nSPS) is 12.8. The molecule has 94 valence electrons. The van der Waals surface area contributed by atoms with Gasteiger partial charge in [0.05, 0.1) is 6.04 Å². The van der Waals surface area contributed by atoms with E-state index in [-0.39, 0.29) is 11.6 Å². The predicted molar refractivity (Wildman–Crippen MR) is 67.2 cm³/mol. The van der Waals surface area contributed by atoms with Crippen molar-refractivity contribution in [1.82, 2.24) is 0 Å². The van der Waals surface area contributed by atoms with Crippen LogP contribution < -0.4 is 5.73 Å². The second kappa shape index (κ2) is 6.50. The van der Waals surface area contributed by atoms with E-state index in [4.69, 9.17) is 5.73 Å². The van der Waals surface area contributed by atoms with E-state index in [1.807, 2.05) is 0 Å². The molecule has 2 N–H and O–H groups in total. The van der Waals surface area contributed by atoms with Gasteiger partial charge in [0.25, 0.3) is 0 Å². The molecule has 0 saturated carbocycles. The van der Waals surface area contributed by atoms with Gasteiger partial charge in [0.2, 0.25) is 0 Å². The maximum absolute atomic E-state index is 12.7. The molecule has 1 atom stereocenters. The van der Waals surface area contributed by atoms with Crippen LogP contribution in [0.1, 0.15) is 32.3 Å². The fourth-order valence-corrected chi connectivity index (χ4v) is 1.60. The number of hydrogen-bond donors (Lipinski definition) is 1. The monoisotopic (exact) mass is 237 g/mol. The molecule has 0 bridgehead atoms. The zero-order valence-corrected chi connectivity index (χ0v) is 10.4. The first-order valence-electron chi connectivity index (χ1n) is 6.01. The Bertz CT molecular complexity index is 359. The third kappa shape index (κ3) is 5.09. The molecule has 17 heavy (non-hydrogen) atoms. The molecule has 0 aromatic heterocycles. The summed E-state index contributed by atoms with van der Waals surface area (Å²) in [6, 6.07) is 5.65. The smallest absolute Gasteiger partial charge is 0.149 e. The molecule has 0 spiro atoms. The van der Waals surface area contributed by atoms with Crippen molar-refractivity contribution in [3.8, 4) is 0 Å². The van der Waals surface area contributed by atoms with Gasteiger partial charge in [-0.1, -0.05) is 26.0 Å². The summed E-state index contributed by atoms with van der Waals surface area (Å²) in [6.45, 7) is 4.16. The summed E-state index contributed by atoms with van der Waals surface area (Å²) in [6.07, 6.45) is 1.88. The van der Waals surface area contributed by atoms with Crippen molar-refractivity contribution in [1.29, 1.82) is 0 Å². The van der Waals surface area contributed by atoms with Gasteiger partial charge in [-0.3, -0.25) is 4.79 Å². The van der Waals surface area contributed by atoms with E-state index in [2.05, 4.69) is 13.8 Å². The molecule has 1 aromatic carbocycles. The third-order valence-corrected chi connectivity index (χ3v) is 2.75. The Morgan fingerprint density at radius 2 is 1.88 bits per heavy atom. The molecule has 0 saturated heterocycles. The van der Waals surface area contributed by atoms with Crippen LogP contribution in [0.15, 0.2) is 24.3 Å². The number of halogens is 1. The molecule has 3 heteroatoms. The molecular weight excluding hydrogens is 217 g/mol. The van der Waals surface area contributed by atoms with Crippen molar-refractivity contribution in [3.63, 3.8) is 0 Å². The Hall–Kier alpha value is -1.22. The number of Topliss-reactive ketones (excluding diaryl/α,β-unsaturated/α-hetero) is 1. The van der Waals surface area contributed by atoms with Gasteiger partial charge in [0, 0.05) is 6.42 Å². The molecule has 1 rings (SSSR count). The van der Waals surface area contributed by atoms with Crippen molar-refractivity contribution in [2.75, 3.05) is 0 Å². The Morgan fingerprint density at radius 1 is 1.29 bits per heavy atom. The molecular formula is C14H20FNO. The van der Waals surface area contributed by atoms with Crippen molar-refractivity contribution in [3.05, 3.63) is 35.6 Å². The van der Waals surface area contributed by atoms with Gasteiger partial charge in [-0.15, -0.1) is 0 Å². The van der Waals surface area contributed by atoms with Crippen LogP contribution in [0.2, 0.25) is 0 Å². The lowest BCUT2D eigenvalue weighted by Crippen LogP contribution is -2.32. The molecule has 0 aliphatic carbocycles. The quantitative estimate of drug-likeness (QED) is 0.826. The fourth-order valence-electron chi connectivity index (χ4n) is 1.60. The highest BCUT2D eigenvalue weighted by molar-refractivity contribution is 5.84.